The molecule has 0 aliphatic carbocycles. The maximum Gasteiger partial charge on any atom is 0.237 e. The van der Waals surface area contributed by atoms with E-state index in [2.05, 4.69) is 10.2 Å². The Morgan fingerprint density at radius 1 is 1.27 bits per heavy atom. The van der Waals surface area contributed by atoms with E-state index >= 15 is 0 Å². The van der Waals surface area contributed by atoms with Gasteiger partial charge >= 0.3 is 0 Å². The number of aromatic nitrogens is 2. The molecule has 0 amide bonds. The van der Waals surface area contributed by atoms with Gasteiger partial charge in [0, 0.05) is 6.07 Å². The van der Waals surface area contributed by atoms with Gasteiger partial charge in [-0.2, -0.15) is 0 Å². The molecule has 0 fully saturated rings. The number of hydrogen-bond donors (Lipinski definition) is 1. The van der Waals surface area contributed by atoms with Crippen LogP contribution in [0.4, 0.5) is 5.82 Å². The van der Waals surface area contributed by atoms with Crippen molar-refractivity contribution in [3.05, 3.63) is 6.07 Å². The minimum absolute atomic E-state index is 0.258. The summed E-state index contributed by atoms with van der Waals surface area (Å²) in [7, 11) is 3.01. The third kappa shape index (κ3) is 1.49. The largest absolute Gasteiger partial charge is 0.493 e. The Balaban J connectivity index is 3.02. The highest BCUT2D eigenvalue weighted by Crippen LogP contribution is 2.20. The first-order chi connectivity index (χ1) is 5.27. The summed E-state index contributed by atoms with van der Waals surface area (Å²) >= 11 is 0. The van der Waals surface area contributed by atoms with E-state index in [1.165, 1.54) is 14.2 Å². The molecule has 0 spiro atoms. The zero-order valence-corrected chi connectivity index (χ0v) is 6.37. The van der Waals surface area contributed by atoms with Crippen LogP contribution in [-0.2, 0) is 0 Å². The summed E-state index contributed by atoms with van der Waals surface area (Å²) in [5, 5.41) is 7.23. The van der Waals surface area contributed by atoms with Crippen LogP contribution >= 0.6 is 0 Å². The van der Waals surface area contributed by atoms with Gasteiger partial charge in [0.2, 0.25) is 5.88 Å². The molecule has 5 nitrogen and oxygen atoms in total. The van der Waals surface area contributed by atoms with Gasteiger partial charge in [0.25, 0.3) is 0 Å². The van der Waals surface area contributed by atoms with Crippen molar-refractivity contribution in [2.75, 3.05) is 20.0 Å². The summed E-state index contributed by atoms with van der Waals surface area (Å²) in [5.74, 6) is 1.11. The molecular formula is C6H9N3O2. The molecule has 1 aromatic rings. The number of rotatable bonds is 2. The zero-order valence-electron chi connectivity index (χ0n) is 6.37. The van der Waals surface area contributed by atoms with Crippen LogP contribution in [0.3, 0.4) is 0 Å². The summed E-state index contributed by atoms with van der Waals surface area (Å²) in [4.78, 5) is 0. The molecule has 0 radical (unpaired) electrons. The molecule has 0 aliphatic rings. The average molecular weight is 155 g/mol. The molecule has 60 valence electrons. The topological polar surface area (TPSA) is 70.3 Å². The van der Waals surface area contributed by atoms with Crippen molar-refractivity contribution in [3.63, 3.8) is 0 Å². The maximum atomic E-state index is 5.40. The van der Waals surface area contributed by atoms with Crippen molar-refractivity contribution in [1.29, 1.82) is 0 Å². The van der Waals surface area contributed by atoms with Gasteiger partial charge in [-0.15, -0.1) is 10.2 Å². The first kappa shape index (κ1) is 7.59. The number of ether oxygens (including phenoxy) is 2. The Hall–Kier alpha value is -1.52. The second-order valence-electron chi connectivity index (χ2n) is 1.84. The van der Waals surface area contributed by atoms with Crippen molar-refractivity contribution in [3.8, 4) is 11.6 Å². The Morgan fingerprint density at radius 2 is 2.00 bits per heavy atom. The molecule has 1 heterocycles. The Labute approximate surface area is 64.1 Å². The van der Waals surface area contributed by atoms with E-state index in [0.717, 1.165) is 0 Å². The highest BCUT2D eigenvalue weighted by Gasteiger charge is 2.02. The lowest BCUT2D eigenvalue weighted by Gasteiger charge is -2.03. The predicted molar refractivity (Wildman–Crippen MR) is 39.5 cm³/mol. The summed E-state index contributed by atoms with van der Waals surface area (Å²) in [6.45, 7) is 0. The van der Waals surface area contributed by atoms with Crippen LogP contribution in [0.5, 0.6) is 11.6 Å². The molecule has 2 N–H and O–H groups in total. The molecule has 0 saturated heterocycles. The number of methoxy groups -OCH3 is 2. The Bertz CT molecular complexity index is 252. The van der Waals surface area contributed by atoms with Crippen molar-refractivity contribution in [1.82, 2.24) is 10.2 Å². The van der Waals surface area contributed by atoms with E-state index in [4.69, 9.17) is 15.2 Å². The van der Waals surface area contributed by atoms with E-state index in [1.807, 2.05) is 0 Å². The molecule has 1 aromatic heterocycles. The molecule has 1 rings (SSSR count). The Morgan fingerprint density at radius 3 is 2.55 bits per heavy atom. The van der Waals surface area contributed by atoms with Crippen LogP contribution in [0.1, 0.15) is 0 Å². The lowest BCUT2D eigenvalue weighted by atomic mass is 10.5. The number of nitrogens with zero attached hydrogens (tertiary/aromatic N) is 2. The maximum absolute atomic E-state index is 5.40. The summed E-state index contributed by atoms with van der Waals surface area (Å²) in [6.07, 6.45) is 0. The van der Waals surface area contributed by atoms with Gasteiger partial charge < -0.3 is 15.2 Å². The number of nitrogen functional groups attached to an aromatic ring is 1. The molecule has 0 unspecified atom stereocenters. The lowest BCUT2D eigenvalue weighted by molar-refractivity contribution is 0.376. The number of anilines is 1. The van der Waals surface area contributed by atoms with Crippen LogP contribution in [0.2, 0.25) is 0 Å². The fourth-order valence-electron chi connectivity index (χ4n) is 0.631. The molecule has 0 aromatic carbocycles. The van der Waals surface area contributed by atoms with Crippen LogP contribution < -0.4 is 15.2 Å². The smallest absolute Gasteiger partial charge is 0.237 e. The minimum atomic E-state index is 0.258. The summed E-state index contributed by atoms with van der Waals surface area (Å²) in [5.41, 5.74) is 5.40. The molecule has 0 aliphatic heterocycles. The van der Waals surface area contributed by atoms with E-state index in [9.17, 15) is 0 Å². The quantitative estimate of drug-likeness (QED) is 0.654. The number of hydrogen-bond acceptors (Lipinski definition) is 5. The van der Waals surface area contributed by atoms with Gasteiger partial charge in [0.15, 0.2) is 11.6 Å². The van der Waals surface area contributed by atoms with Gasteiger partial charge in [-0.3, -0.25) is 0 Å². The molecule has 0 saturated carbocycles. The molecule has 5 heteroatoms. The first-order valence-electron chi connectivity index (χ1n) is 2.99. The van der Waals surface area contributed by atoms with Crippen LogP contribution in [0.25, 0.3) is 0 Å². The molecular weight excluding hydrogens is 146 g/mol. The van der Waals surface area contributed by atoms with E-state index < -0.39 is 0 Å². The van der Waals surface area contributed by atoms with Gasteiger partial charge in [-0.25, -0.2) is 0 Å². The summed E-state index contributed by atoms with van der Waals surface area (Å²) < 4.78 is 9.68. The second-order valence-corrected chi connectivity index (χ2v) is 1.84. The fourth-order valence-corrected chi connectivity index (χ4v) is 0.631. The predicted octanol–water partition coefficient (Wildman–Crippen LogP) is 0.0760. The van der Waals surface area contributed by atoms with Crippen LogP contribution in [-0.4, -0.2) is 24.4 Å². The molecule has 0 atom stereocenters. The van der Waals surface area contributed by atoms with Gasteiger partial charge in [0.05, 0.1) is 14.2 Å². The third-order valence-electron chi connectivity index (χ3n) is 1.19. The van der Waals surface area contributed by atoms with E-state index in [0.29, 0.717) is 11.6 Å². The monoisotopic (exact) mass is 155 g/mol. The van der Waals surface area contributed by atoms with Crippen molar-refractivity contribution < 1.29 is 9.47 Å². The van der Waals surface area contributed by atoms with E-state index in [1.54, 1.807) is 6.07 Å². The number of nitrogens with two attached hydrogens (primary N) is 1. The zero-order chi connectivity index (χ0) is 8.27. The summed E-state index contributed by atoms with van der Waals surface area (Å²) in [6, 6.07) is 1.57. The second kappa shape index (κ2) is 3.05. The minimum Gasteiger partial charge on any atom is -0.493 e. The Kier molecular flexibility index (Phi) is 2.10. The highest BCUT2D eigenvalue weighted by molar-refractivity contribution is 5.46. The molecule has 0 bridgehead atoms. The normalized spacial score (nSPS) is 9.27. The first-order valence-corrected chi connectivity index (χ1v) is 2.99. The average Bonchev–Trinajstić information content (AvgIpc) is 2.05. The fraction of sp³-hybridized carbons (Fsp3) is 0.333. The third-order valence-corrected chi connectivity index (χ3v) is 1.19. The van der Waals surface area contributed by atoms with Crippen molar-refractivity contribution in [2.24, 2.45) is 0 Å². The van der Waals surface area contributed by atoms with Crippen LogP contribution in [0, 0.1) is 0 Å². The van der Waals surface area contributed by atoms with Gasteiger partial charge in [-0.1, -0.05) is 0 Å². The SMILES string of the molecule is COc1cc(OC)c(N)nn1. The van der Waals surface area contributed by atoms with Gasteiger partial charge in [-0.05, 0) is 0 Å². The van der Waals surface area contributed by atoms with Crippen LogP contribution in [0.15, 0.2) is 6.07 Å². The van der Waals surface area contributed by atoms with Gasteiger partial charge in [0.1, 0.15) is 0 Å². The lowest BCUT2D eigenvalue weighted by Crippen LogP contribution is -1.99. The highest BCUT2D eigenvalue weighted by atomic mass is 16.5. The molecule has 11 heavy (non-hydrogen) atoms. The van der Waals surface area contributed by atoms with Crippen molar-refractivity contribution >= 4 is 5.82 Å². The standard InChI is InChI=1S/C6H9N3O2/c1-10-4-3-5(11-2)8-9-6(4)7/h3H,1-2H3,(H2,7,9). The van der Waals surface area contributed by atoms with Crippen molar-refractivity contribution in [2.45, 2.75) is 0 Å². The van der Waals surface area contributed by atoms with E-state index in [-0.39, 0.29) is 5.82 Å².